The molecule has 2 nitrogen and oxygen atoms in total. The molecule has 0 aliphatic carbocycles. The maximum Gasteiger partial charge on any atom is 0.159 e. The van der Waals surface area contributed by atoms with Crippen molar-refractivity contribution in [2.75, 3.05) is 6.61 Å². The van der Waals surface area contributed by atoms with Gasteiger partial charge < -0.3 is 5.11 Å². The lowest BCUT2D eigenvalue weighted by Gasteiger charge is -1.93. The molecule has 0 fully saturated rings. The second-order valence-corrected chi connectivity index (χ2v) is 3.10. The number of aliphatic hydroxyl groups is 1. The Morgan fingerprint density at radius 1 is 1.33 bits per heavy atom. The Hall–Kier alpha value is -0.890. The SMILES string of the molecule is CC(C)=CC(=O)C/C=C(\C)CO. The van der Waals surface area contributed by atoms with E-state index in [0.717, 1.165) is 11.1 Å². The molecule has 0 aromatic rings. The number of allylic oxidation sites excluding steroid dienone is 3. The summed E-state index contributed by atoms with van der Waals surface area (Å²) in [5.41, 5.74) is 1.85. The third-order valence-electron chi connectivity index (χ3n) is 1.35. The van der Waals surface area contributed by atoms with E-state index in [-0.39, 0.29) is 12.4 Å². The molecule has 0 heterocycles. The van der Waals surface area contributed by atoms with Crippen LogP contribution in [0.4, 0.5) is 0 Å². The van der Waals surface area contributed by atoms with Crippen molar-refractivity contribution in [1.82, 2.24) is 0 Å². The smallest absolute Gasteiger partial charge is 0.159 e. The third-order valence-corrected chi connectivity index (χ3v) is 1.35. The Morgan fingerprint density at radius 2 is 1.92 bits per heavy atom. The highest BCUT2D eigenvalue weighted by molar-refractivity contribution is 5.91. The summed E-state index contributed by atoms with van der Waals surface area (Å²) in [6.07, 6.45) is 3.75. The lowest BCUT2D eigenvalue weighted by atomic mass is 10.1. The van der Waals surface area contributed by atoms with Gasteiger partial charge in [-0.3, -0.25) is 4.79 Å². The molecular formula is C10H16O2. The monoisotopic (exact) mass is 168 g/mol. The number of carbonyl (C=O) groups excluding carboxylic acids is 1. The summed E-state index contributed by atoms with van der Waals surface area (Å²) in [5, 5.41) is 8.63. The molecule has 0 aliphatic heterocycles. The number of hydrogen-bond acceptors (Lipinski definition) is 2. The Kier molecular flexibility index (Phi) is 5.30. The fraction of sp³-hybridized carbons (Fsp3) is 0.500. The van der Waals surface area contributed by atoms with Crippen LogP contribution in [0.25, 0.3) is 0 Å². The topological polar surface area (TPSA) is 37.3 Å². The minimum Gasteiger partial charge on any atom is -0.392 e. The summed E-state index contributed by atoms with van der Waals surface area (Å²) in [5.74, 6) is 0.0859. The van der Waals surface area contributed by atoms with Crippen LogP contribution in [-0.2, 0) is 4.79 Å². The molecule has 0 amide bonds. The molecule has 0 unspecified atom stereocenters. The number of hydrogen-bond donors (Lipinski definition) is 1. The van der Waals surface area contributed by atoms with E-state index in [9.17, 15) is 4.79 Å². The Morgan fingerprint density at radius 3 is 2.33 bits per heavy atom. The number of aliphatic hydroxyl groups excluding tert-OH is 1. The van der Waals surface area contributed by atoms with Gasteiger partial charge in [-0.2, -0.15) is 0 Å². The van der Waals surface area contributed by atoms with Gasteiger partial charge in [-0.05, 0) is 26.8 Å². The van der Waals surface area contributed by atoms with Crippen LogP contribution in [0.5, 0.6) is 0 Å². The molecule has 0 aliphatic rings. The van der Waals surface area contributed by atoms with Crippen molar-refractivity contribution in [3.63, 3.8) is 0 Å². The molecule has 2 heteroatoms. The zero-order valence-electron chi connectivity index (χ0n) is 7.92. The van der Waals surface area contributed by atoms with Crippen LogP contribution in [-0.4, -0.2) is 17.5 Å². The summed E-state index contributed by atoms with van der Waals surface area (Å²) in [4.78, 5) is 11.1. The van der Waals surface area contributed by atoms with Crippen LogP contribution >= 0.6 is 0 Å². The molecule has 0 radical (unpaired) electrons. The van der Waals surface area contributed by atoms with Crippen LogP contribution in [0.1, 0.15) is 27.2 Å². The zero-order valence-corrected chi connectivity index (χ0v) is 7.92. The third kappa shape index (κ3) is 5.86. The quantitative estimate of drug-likeness (QED) is 0.514. The standard InChI is InChI=1S/C10H16O2/c1-8(2)6-10(12)5-4-9(3)7-11/h4,6,11H,5,7H2,1-3H3/b9-4+. The van der Waals surface area contributed by atoms with Gasteiger partial charge in [0, 0.05) is 6.42 Å². The first kappa shape index (κ1) is 11.1. The van der Waals surface area contributed by atoms with E-state index < -0.39 is 0 Å². The van der Waals surface area contributed by atoms with Crippen molar-refractivity contribution in [3.05, 3.63) is 23.3 Å². The van der Waals surface area contributed by atoms with Crippen LogP contribution in [0.2, 0.25) is 0 Å². The fourth-order valence-electron chi connectivity index (χ4n) is 0.720. The van der Waals surface area contributed by atoms with Crippen molar-refractivity contribution >= 4 is 5.78 Å². The van der Waals surface area contributed by atoms with E-state index in [1.165, 1.54) is 0 Å². The summed E-state index contributed by atoms with van der Waals surface area (Å²) in [6.45, 7) is 5.61. The molecule has 12 heavy (non-hydrogen) atoms. The summed E-state index contributed by atoms with van der Waals surface area (Å²) in [7, 11) is 0. The highest BCUT2D eigenvalue weighted by atomic mass is 16.3. The van der Waals surface area contributed by atoms with Gasteiger partial charge in [0.2, 0.25) is 0 Å². The van der Waals surface area contributed by atoms with Crippen molar-refractivity contribution < 1.29 is 9.90 Å². The zero-order chi connectivity index (χ0) is 9.56. The Balaban J connectivity index is 3.95. The van der Waals surface area contributed by atoms with E-state index in [1.807, 2.05) is 13.8 Å². The van der Waals surface area contributed by atoms with Crippen molar-refractivity contribution in [3.8, 4) is 0 Å². The molecule has 0 aromatic heterocycles. The largest absolute Gasteiger partial charge is 0.392 e. The summed E-state index contributed by atoms with van der Waals surface area (Å²) in [6, 6.07) is 0. The first-order valence-electron chi connectivity index (χ1n) is 4.00. The predicted molar refractivity (Wildman–Crippen MR) is 49.9 cm³/mol. The molecule has 0 spiro atoms. The second kappa shape index (κ2) is 5.72. The fourth-order valence-corrected chi connectivity index (χ4v) is 0.720. The highest BCUT2D eigenvalue weighted by Gasteiger charge is 1.94. The van der Waals surface area contributed by atoms with Gasteiger partial charge in [0.05, 0.1) is 6.61 Å². The van der Waals surface area contributed by atoms with Gasteiger partial charge in [0.25, 0.3) is 0 Å². The van der Waals surface area contributed by atoms with Crippen LogP contribution in [0.15, 0.2) is 23.3 Å². The van der Waals surface area contributed by atoms with Crippen molar-refractivity contribution in [2.45, 2.75) is 27.2 Å². The second-order valence-electron chi connectivity index (χ2n) is 3.10. The molecule has 1 N–H and O–H groups in total. The van der Waals surface area contributed by atoms with Gasteiger partial charge in [0.1, 0.15) is 0 Å². The molecule has 0 saturated carbocycles. The van der Waals surface area contributed by atoms with Crippen LogP contribution < -0.4 is 0 Å². The lowest BCUT2D eigenvalue weighted by molar-refractivity contribution is -0.113. The molecule has 0 bridgehead atoms. The minimum atomic E-state index is 0.0299. The van der Waals surface area contributed by atoms with E-state index in [2.05, 4.69) is 0 Å². The van der Waals surface area contributed by atoms with Gasteiger partial charge in [0.15, 0.2) is 5.78 Å². The van der Waals surface area contributed by atoms with Crippen molar-refractivity contribution in [1.29, 1.82) is 0 Å². The molecule has 0 rings (SSSR count). The number of rotatable bonds is 4. The maximum absolute atomic E-state index is 11.1. The van der Waals surface area contributed by atoms with Crippen molar-refractivity contribution in [2.24, 2.45) is 0 Å². The van der Waals surface area contributed by atoms with Crippen LogP contribution in [0.3, 0.4) is 0 Å². The minimum absolute atomic E-state index is 0.0299. The molecule has 0 atom stereocenters. The van der Waals surface area contributed by atoms with Gasteiger partial charge in [-0.15, -0.1) is 0 Å². The Bertz CT molecular complexity index is 208. The van der Waals surface area contributed by atoms with E-state index >= 15 is 0 Å². The lowest BCUT2D eigenvalue weighted by Crippen LogP contribution is -1.92. The first-order valence-corrected chi connectivity index (χ1v) is 4.00. The molecule has 0 aromatic carbocycles. The Labute approximate surface area is 73.6 Å². The number of ketones is 1. The molecular weight excluding hydrogens is 152 g/mol. The van der Waals surface area contributed by atoms with E-state index in [1.54, 1.807) is 19.1 Å². The average molecular weight is 168 g/mol. The van der Waals surface area contributed by atoms with Crippen LogP contribution in [0, 0.1) is 0 Å². The van der Waals surface area contributed by atoms with Gasteiger partial charge >= 0.3 is 0 Å². The molecule has 68 valence electrons. The first-order chi connectivity index (χ1) is 5.56. The summed E-state index contributed by atoms with van der Waals surface area (Å²) < 4.78 is 0. The number of carbonyl (C=O) groups is 1. The van der Waals surface area contributed by atoms with Gasteiger partial charge in [-0.1, -0.05) is 17.2 Å². The average Bonchev–Trinajstić information content (AvgIpc) is 1.99. The normalized spacial score (nSPS) is 11.2. The van der Waals surface area contributed by atoms with Gasteiger partial charge in [-0.25, -0.2) is 0 Å². The summed E-state index contributed by atoms with van der Waals surface area (Å²) >= 11 is 0. The maximum atomic E-state index is 11.1. The molecule has 0 saturated heterocycles. The highest BCUT2D eigenvalue weighted by Crippen LogP contribution is 1.97. The van der Waals surface area contributed by atoms with E-state index in [4.69, 9.17) is 5.11 Å². The predicted octanol–water partition coefficient (Wildman–Crippen LogP) is 1.85. The van der Waals surface area contributed by atoms with E-state index in [0.29, 0.717) is 6.42 Å².